The van der Waals surface area contributed by atoms with E-state index in [1.165, 1.54) is 17.1 Å². The van der Waals surface area contributed by atoms with Gasteiger partial charge in [-0.15, -0.1) is 0 Å². The number of carbonyl (C=O) groups is 2. The van der Waals surface area contributed by atoms with Crippen molar-refractivity contribution in [3.63, 3.8) is 0 Å². The van der Waals surface area contributed by atoms with Crippen LogP contribution in [0, 0.1) is 5.92 Å². The third-order valence-corrected chi connectivity index (χ3v) is 3.75. The van der Waals surface area contributed by atoms with Crippen LogP contribution >= 0.6 is 0 Å². The van der Waals surface area contributed by atoms with Crippen LogP contribution in [0.3, 0.4) is 0 Å². The van der Waals surface area contributed by atoms with E-state index in [1.807, 2.05) is 0 Å². The van der Waals surface area contributed by atoms with Crippen molar-refractivity contribution < 1.29 is 22.8 Å². The van der Waals surface area contributed by atoms with Crippen molar-refractivity contribution in [2.75, 3.05) is 13.6 Å². The molecule has 0 spiro atoms. The molecule has 1 heterocycles. The first-order chi connectivity index (χ1) is 11.2. The largest absolute Gasteiger partial charge is 0.416 e. The van der Waals surface area contributed by atoms with Crippen LogP contribution in [0.2, 0.25) is 0 Å². The third kappa shape index (κ3) is 4.56. The molecule has 0 aliphatic carbocycles. The van der Waals surface area contributed by atoms with Gasteiger partial charge in [0, 0.05) is 13.0 Å². The van der Waals surface area contributed by atoms with Gasteiger partial charge in [0.15, 0.2) is 0 Å². The molecule has 0 fully saturated rings. The predicted octanol–water partition coefficient (Wildman–Crippen LogP) is 2.22. The summed E-state index contributed by atoms with van der Waals surface area (Å²) in [7, 11) is 1.55. The van der Waals surface area contributed by atoms with E-state index in [-0.39, 0.29) is 24.8 Å². The number of amides is 2. The van der Waals surface area contributed by atoms with E-state index in [4.69, 9.17) is 0 Å². The van der Waals surface area contributed by atoms with Crippen LogP contribution in [0.4, 0.5) is 13.2 Å². The Labute approximate surface area is 137 Å². The van der Waals surface area contributed by atoms with Crippen molar-refractivity contribution >= 4 is 17.5 Å². The maximum absolute atomic E-state index is 12.5. The van der Waals surface area contributed by atoms with E-state index < -0.39 is 17.7 Å². The van der Waals surface area contributed by atoms with Crippen LogP contribution in [-0.4, -0.2) is 36.1 Å². The van der Waals surface area contributed by atoms with Gasteiger partial charge < -0.3 is 5.32 Å². The molecule has 2 rings (SSSR count). The van der Waals surface area contributed by atoms with Crippen molar-refractivity contribution in [1.82, 2.24) is 10.3 Å². The van der Waals surface area contributed by atoms with Crippen molar-refractivity contribution in [1.29, 1.82) is 0 Å². The molecule has 8 heteroatoms. The Morgan fingerprint density at radius 1 is 1.33 bits per heavy atom. The van der Waals surface area contributed by atoms with Crippen LogP contribution < -0.4 is 5.32 Å². The lowest BCUT2D eigenvalue weighted by Gasteiger charge is -2.13. The predicted molar refractivity (Wildman–Crippen MR) is 82.1 cm³/mol. The maximum Gasteiger partial charge on any atom is 0.416 e. The Hall–Kier alpha value is -2.38. The number of rotatable bonds is 5. The second-order valence-corrected chi connectivity index (χ2v) is 5.78. The Morgan fingerprint density at radius 2 is 1.96 bits per heavy atom. The summed E-state index contributed by atoms with van der Waals surface area (Å²) in [4.78, 5) is 23.4. The minimum atomic E-state index is -4.37. The fourth-order valence-electron chi connectivity index (χ4n) is 2.33. The molecule has 1 aromatic rings. The van der Waals surface area contributed by atoms with E-state index in [2.05, 4.69) is 10.4 Å². The highest BCUT2D eigenvalue weighted by Gasteiger charge is 2.30. The van der Waals surface area contributed by atoms with E-state index in [1.54, 1.807) is 14.0 Å². The molecule has 0 radical (unpaired) electrons. The molecule has 2 amide bonds. The molecular weight excluding hydrogens is 323 g/mol. The van der Waals surface area contributed by atoms with Crippen molar-refractivity contribution in [3.8, 4) is 0 Å². The number of hydrogen-bond donors (Lipinski definition) is 1. The highest BCUT2D eigenvalue weighted by atomic mass is 19.4. The minimum Gasteiger partial charge on any atom is -0.350 e. The lowest BCUT2D eigenvalue weighted by molar-refractivity contribution is -0.137. The smallest absolute Gasteiger partial charge is 0.350 e. The van der Waals surface area contributed by atoms with Gasteiger partial charge in [-0.3, -0.25) is 9.59 Å². The standard InChI is InChI=1S/C16H18F3N3O2/c1-10(7-11-3-5-12(6-4-11)16(17,18)19)15(24)20-9-13-8-14(23)22(2)21-13/h3-6,10H,7-9H2,1-2H3,(H,20,24)/t10-/m1/s1. The summed E-state index contributed by atoms with van der Waals surface area (Å²) >= 11 is 0. The molecule has 1 aromatic carbocycles. The summed E-state index contributed by atoms with van der Waals surface area (Å²) in [5.74, 6) is -0.770. The first-order valence-corrected chi connectivity index (χ1v) is 7.43. The summed E-state index contributed by atoms with van der Waals surface area (Å²) < 4.78 is 37.5. The maximum atomic E-state index is 12.5. The van der Waals surface area contributed by atoms with Gasteiger partial charge in [0.25, 0.3) is 0 Å². The molecule has 0 saturated carbocycles. The number of nitrogens with zero attached hydrogens (tertiary/aromatic N) is 2. The summed E-state index contributed by atoms with van der Waals surface area (Å²) in [6.07, 6.45) is -3.85. The van der Waals surface area contributed by atoms with Gasteiger partial charge in [-0.2, -0.15) is 18.3 Å². The third-order valence-electron chi connectivity index (χ3n) is 3.75. The topological polar surface area (TPSA) is 61.8 Å². The molecule has 1 aliphatic rings. The number of benzene rings is 1. The Kier molecular flexibility index (Phi) is 5.26. The lowest BCUT2D eigenvalue weighted by atomic mass is 9.99. The molecule has 5 nitrogen and oxygen atoms in total. The van der Waals surface area contributed by atoms with Crippen LogP contribution in [0.5, 0.6) is 0 Å². The SMILES string of the molecule is C[C@H](Cc1ccc(C(F)(F)F)cc1)C(=O)NCC1=NN(C)C(=O)C1. The number of hydrogen-bond acceptors (Lipinski definition) is 3. The molecule has 130 valence electrons. The zero-order valence-corrected chi connectivity index (χ0v) is 13.4. The van der Waals surface area contributed by atoms with Gasteiger partial charge in [-0.1, -0.05) is 19.1 Å². The van der Waals surface area contributed by atoms with Gasteiger partial charge in [0.2, 0.25) is 11.8 Å². The molecule has 1 aliphatic heterocycles. The van der Waals surface area contributed by atoms with Gasteiger partial charge in [0.05, 0.1) is 24.2 Å². The summed E-state index contributed by atoms with van der Waals surface area (Å²) in [6, 6.07) is 4.77. The normalized spacial score (nSPS) is 16.1. The second kappa shape index (κ2) is 7.02. The Morgan fingerprint density at radius 3 is 2.46 bits per heavy atom. The number of halogens is 3. The molecule has 1 N–H and O–H groups in total. The molecule has 24 heavy (non-hydrogen) atoms. The van der Waals surface area contributed by atoms with Crippen molar-refractivity contribution in [2.45, 2.75) is 25.9 Å². The summed E-state index contributed by atoms with van der Waals surface area (Å²) in [5, 5.41) is 7.92. The first kappa shape index (κ1) is 18.0. The highest BCUT2D eigenvalue weighted by molar-refractivity contribution is 6.06. The number of hydrazone groups is 1. The van der Waals surface area contributed by atoms with Crippen molar-refractivity contribution in [3.05, 3.63) is 35.4 Å². The van der Waals surface area contributed by atoms with E-state index in [9.17, 15) is 22.8 Å². The first-order valence-electron chi connectivity index (χ1n) is 7.43. The van der Waals surface area contributed by atoms with Crippen LogP contribution in [0.15, 0.2) is 29.4 Å². The second-order valence-electron chi connectivity index (χ2n) is 5.78. The highest BCUT2D eigenvalue weighted by Crippen LogP contribution is 2.29. The van der Waals surface area contributed by atoms with Crippen LogP contribution in [0.25, 0.3) is 0 Å². The van der Waals surface area contributed by atoms with Crippen LogP contribution in [0.1, 0.15) is 24.5 Å². The Balaban J connectivity index is 1.85. The van der Waals surface area contributed by atoms with Gasteiger partial charge in [-0.25, -0.2) is 5.01 Å². The van der Waals surface area contributed by atoms with Gasteiger partial charge in [-0.05, 0) is 24.1 Å². The van der Waals surface area contributed by atoms with E-state index in [0.717, 1.165) is 12.1 Å². The zero-order chi connectivity index (χ0) is 17.9. The average molecular weight is 341 g/mol. The summed E-state index contributed by atoms with van der Waals surface area (Å²) in [6.45, 7) is 1.88. The van der Waals surface area contributed by atoms with Gasteiger partial charge >= 0.3 is 6.18 Å². The summed E-state index contributed by atoms with van der Waals surface area (Å²) in [5.41, 5.74) is 0.521. The molecule has 1 atom stereocenters. The molecule has 0 saturated heterocycles. The molecule has 0 unspecified atom stereocenters. The monoisotopic (exact) mass is 341 g/mol. The fourth-order valence-corrected chi connectivity index (χ4v) is 2.33. The van der Waals surface area contributed by atoms with E-state index >= 15 is 0 Å². The average Bonchev–Trinajstić information content (AvgIpc) is 2.83. The quantitative estimate of drug-likeness (QED) is 0.893. The van der Waals surface area contributed by atoms with Gasteiger partial charge in [0.1, 0.15) is 0 Å². The lowest BCUT2D eigenvalue weighted by Crippen LogP contribution is -2.34. The fraction of sp³-hybridized carbons (Fsp3) is 0.438. The number of carbonyl (C=O) groups excluding carboxylic acids is 2. The molecule has 0 bridgehead atoms. The number of alkyl halides is 3. The van der Waals surface area contributed by atoms with E-state index in [0.29, 0.717) is 17.7 Å². The number of nitrogens with one attached hydrogen (secondary N) is 1. The Bertz CT molecular complexity index is 654. The van der Waals surface area contributed by atoms with Crippen molar-refractivity contribution in [2.24, 2.45) is 11.0 Å². The van der Waals surface area contributed by atoms with Crippen LogP contribution in [-0.2, 0) is 22.2 Å². The zero-order valence-electron chi connectivity index (χ0n) is 13.4. The minimum absolute atomic E-state index is 0.128. The molecule has 0 aromatic heterocycles. The molecular formula is C16H18F3N3O2.